The van der Waals surface area contributed by atoms with E-state index < -0.39 is 0 Å². The van der Waals surface area contributed by atoms with Crippen LogP contribution in [-0.4, -0.2) is 30.6 Å². The molecule has 2 heteroatoms. The Bertz CT molecular complexity index is 249. The topological polar surface area (TPSA) is 29.3 Å². The minimum Gasteiger partial charge on any atom is -0.329 e. The van der Waals surface area contributed by atoms with E-state index in [2.05, 4.69) is 39.6 Å². The Morgan fingerprint density at radius 1 is 1.22 bits per heavy atom. The number of likely N-dealkylation sites (N-methyl/N-ethyl adjacent to an activating group) is 1. The maximum Gasteiger partial charge on any atom is 0.0354 e. The van der Waals surface area contributed by atoms with Gasteiger partial charge in [0, 0.05) is 12.1 Å². The fourth-order valence-corrected chi connectivity index (χ4v) is 3.77. The van der Waals surface area contributed by atoms with Crippen molar-refractivity contribution in [2.75, 3.05) is 20.1 Å². The van der Waals surface area contributed by atoms with Gasteiger partial charge in [-0.1, -0.05) is 40.5 Å². The second-order valence-corrected chi connectivity index (χ2v) is 7.21. The summed E-state index contributed by atoms with van der Waals surface area (Å²) in [6.45, 7) is 11.5. The minimum absolute atomic E-state index is 0.253. The molecule has 0 saturated heterocycles. The van der Waals surface area contributed by atoms with Crippen LogP contribution >= 0.6 is 0 Å². The number of rotatable bonds is 6. The smallest absolute Gasteiger partial charge is 0.0354 e. The Balaban J connectivity index is 2.67. The second kappa shape index (κ2) is 6.38. The Hall–Kier alpha value is -0.0800. The van der Waals surface area contributed by atoms with Crippen LogP contribution in [0.1, 0.15) is 66.2 Å². The van der Waals surface area contributed by atoms with Crippen LogP contribution in [0.5, 0.6) is 0 Å². The summed E-state index contributed by atoms with van der Waals surface area (Å²) >= 11 is 0. The second-order valence-electron chi connectivity index (χ2n) is 7.21. The molecule has 0 radical (unpaired) electrons. The van der Waals surface area contributed by atoms with Crippen LogP contribution in [-0.2, 0) is 0 Å². The van der Waals surface area contributed by atoms with Gasteiger partial charge in [0.2, 0.25) is 0 Å². The van der Waals surface area contributed by atoms with E-state index in [1.54, 1.807) is 0 Å². The molecule has 0 aromatic carbocycles. The molecule has 1 fully saturated rings. The Morgan fingerprint density at radius 2 is 1.89 bits per heavy atom. The first-order valence-electron chi connectivity index (χ1n) is 7.79. The molecule has 2 unspecified atom stereocenters. The Kier molecular flexibility index (Phi) is 5.67. The zero-order valence-corrected chi connectivity index (χ0v) is 13.3. The van der Waals surface area contributed by atoms with Gasteiger partial charge < -0.3 is 5.73 Å². The quantitative estimate of drug-likeness (QED) is 0.733. The van der Waals surface area contributed by atoms with Crippen molar-refractivity contribution in [1.29, 1.82) is 0 Å². The van der Waals surface area contributed by atoms with Crippen molar-refractivity contribution < 1.29 is 0 Å². The molecule has 2 N–H and O–H groups in total. The van der Waals surface area contributed by atoms with E-state index in [1.807, 2.05) is 0 Å². The SMILES string of the molecule is CCCCCN(C)C1(CN)CCC(C)(C)CC1C. The number of hydrogen-bond donors (Lipinski definition) is 1. The van der Waals surface area contributed by atoms with Crippen LogP contribution in [0.2, 0.25) is 0 Å². The van der Waals surface area contributed by atoms with Crippen molar-refractivity contribution in [3.63, 3.8) is 0 Å². The first kappa shape index (κ1) is 16.0. The van der Waals surface area contributed by atoms with Crippen LogP contribution in [0.25, 0.3) is 0 Å². The molecular weight excluding hydrogens is 220 g/mol. The molecule has 0 bridgehead atoms. The van der Waals surface area contributed by atoms with Crippen LogP contribution < -0.4 is 5.73 Å². The maximum absolute atomic E-state index is 6.18. The lowest BCUT2D eigenvalue weighted by Gasteiger charge is -2.53. The van der Waals surface area contributed by atoms with Crippen LogP contribution in [0.4, 0.5) is 0 Å². The molecule has 0 aromatic heterocycles. The average molecular weight is 254 g/mol. The summed E-state index contributed by atoms with van der Waals surface area (Å²) in [5.74, 6) is 0.706. The third-order valence-corrected chi connectivity index (χ3v) is 5.22. The van der Waals surface area contributed by atoms with Gasteiger partial charge >= 0.3 is 0 Å². The molecule has 0 amide bonds. The molecule has 0 heterocycles. The van der Waals surface area contributed by atoms with Crippen LogP contribution in [0.3, 0.4) is 0 Å². The maximum atomic E-state index is 6.18. The van der Waals surface area contributed by atoms with Gasteiger partial charge in [-0.3, -0.25) is 4.90 Å². The van der Waals surface area contributed by atoms with Crippen molar-refractivity contribution >= 4 is 0 Å². The summed E-state index contributed by atoms with van der Waals surface area (Å²) in [4.78, 5) is 2.57. The van der Waals surface area contributed by atoms with Gasteiger partial charge in [-0.25, -0.2) is 0 Å². The van der Waals surface area contributed by atoms with E-state index in [0.717, 1.165) is 6.54 Å². The summed E-state index contributed by atoms with van der Waals surface area (Å²) in [6.07, 6.45) is 7.83. The van der Waals surface area contributed by atoms with Crippen molar-refractivity contribution in [2.24, 2.45) is 17.1 Å². The van der Waals surface area contributed by atoms with Crippen molar-refractivity contribution in [3.8, 4) is 0 Å². The van der Waals surface area contributed by atoms with Crippen molar-refractivity contribution in [2.45, 2.75) is 71.8 Å². The molecule has 1 rings (SSSR count). The number of unbranched alkanes of at least 4 members (excludes halogenated alkanes) is 2. The van der Waals surface area contributed by atoms with E-state index in [4.69, 9.17) is 5.73 Å². The van der Waals surface area contributed by atoms with Gasteiger partial charge in [0.15, 0.2) is 0 Å². The lowest BCUT2D eigenvalue weighted by Crippen LogP contribution is -2.59. The zero-order chi connectivity index (χ0) is 13.8. The predicted molar refractivity (Wildman–Crippen MR) is 80.7 cm³/mol. The Morgan fingerprint density at radius 3 is 2.39 bits per heavy atom. The molecule has 0 spiro atoms. The summed E-state index contributed by atoms with van der Waals surface area (Å²) in [5, 5.41) is 0. The lowest BCUT2D eigenvalue weighted by molar-refractivity contribution is -0.00781. The third kappa shape index (κ3) is 3.48. The van der Waals surface area contributed by atoms with E-state index in [1.165, 1.54) is 45.1 Å². The summed E-state index contributed by atoms with van der Waals surface area (Å²) in [7, 11) is 2.29. The molecule has 1 aliphatic carbocycles. The summed E-state index contributed by atoms with van der Waals surface area (Å²) in [5.41, 5.74) is 6.94. The van der Waals surface area contributed by atoms with Crippen molar-refractivity contribution in [3.05, 3.63) is 0 Å². The highest BCUT2D eigenvalue weighted by Crippen LogP contribution is 2.45. The van der Waals surface area contributed by atoms with Crippen molar-refractivity contribution in [1.82, 2.24) is 4.90 Å². The zero-order valence-electron chi connectivity index (χ0n) is 13.3. The average Bonchev–Trinajstić information content (AvgIpc) is 2.29. The predicted octanol–water partition coefficient (Wildman–Crippen LogP) is 3.65. The number of nitrogens with two attached hydrogens (primary N) is 1. The lowest BCUT2D eigenvalue weighted by atomic mass is 9.63. The van der Waals surface area contributed by atoms with Gasteiger partial charge in [-0.15, -0.1) is 0 Å². The molecule has 108 valence electrons. The number of hydrogen-bond acceptors (Lipinski definition) is 2. The monoisotopic (exact) mass is 254 g/mol. The summed E-state index contributed by atoms with van der Waals surface area (Å²) < 4.78 is 0. The Labute approximate surface area is 114 Å². The summed E-state index contributed by atoms with van der Waals surface area (Å²) in [6, 6.07) is 0. The molecule has 0 aliphatic heterocycles. The molecule has 1 aliphatic rings. The molecular formula is C16H34N2. The van der Waals surface area contributed by atoms with E-state index in [9.17, 15) is 0 Å². The fourth-order valence-electron chi connectivity index (χ4n) is 3.77. The van der Waals surface area contributed by atoms with Gasteiger partial charge in [-0.2, -0.15) is 0 Å². The van der Waals surface area contributed by atoms with Gasteiger partial charge in [0.05, 0.1) is 0 Å². The minimum atomic E-state index is 0.253. The highest BCUT2D eigenvalue weighted by Gasteiger charge is 2.45. The first-order chi connectivity index (χ1) is 8.38. The molecule has 1 saturated carbocycles. The van der Waals surface area contributed by atoms with Crippen LogP contribution in [0, 0.1) is 11.3 Å². The van der Waals surface area contributed by atoms with Gasteiger partial charge in [0.25, 0.3) is 0 Å². The highest BCUT2D eigenvalue weighted by molar-refractivity contribution is 5.01. The standard InChI is InChI=1S/C16H34N2/c1-6-7-8-11-18(5)16(13-17)10-9-15(3,4)12-14(16)2/h14H,6-13,17H2,1-5H3. The van der Waals surface area contributed by atoms with E-state index >= 15 is 0 Å². The first-order valence-corrected chi connectivity index (χ1v) is 7.79. The highest BCUT2D eigenvalue weighted by atomic mass is 15.2. The van der Waals surface area contributed by atoms with Crippen LogP contribution in [0.15, 0.2) is 0 Å². The molecule has 2 atom stereocenters. The number of nitrogens with zero attached hydrogens (tertiary/aromatic N) is 1. The van der Waals surface area contributed by atoms with Gasteiger partial charge in [0.1, 0.15) is 0 Å². The van der Waals surface area contributed by atoms with E-state index in [-0.39, 0.29) is 5.54 Å². The third-order valence-electron chi connectivity index (χ3n) is 5.22. The largest absolute Gasteiger partial charge is 0.329 e. The molecule has 18 heavy (non-hydrogen) atoms. The normalized spacial score (nSPS) is 31.8. The van der Waals surface area contributed by atoms with Gasteiger partial charge in [-0.05, 0) is 50.6 Å². The van der Waals surface area contributed by atoms with E-state index in [0.29, 0.717) is 11.3 Å². The molecule has 2 nitrogen and oxygen atoms in total. The molecule has 0 aromatic rings. The fraction of sp³-hybridized carbons (Fsp3) is 1.00.